The molecule has 0 aliphatic heterocycles. The van der Waals surface area contributed by atoms with Gasteiger partial charge in [-0.3, -0.25) is 4.84 Å². The summed E-state index contributed by atoms with van der Waals surface area (Å²) in [5, 5.41) is 28.5. The third-order valence-electron chi connectivity index (χ3n) is 3.00. The molecule has 0 saturated carbocycles. The number of hydrogen-bond donors (Lipinski definition) is 5. The van der Waals surface area contributed by atoms with Gasteiger partial charge >= 0.3 is 13.7 Å². The Bertz CT molecular complexity index is 493. The molecule has 4 atom stereocenters. The van der Waals surface area contributed by atoms with Crippen molar-refractivity contribution in [2.24, 2.45) is 0 Å². The molecule has 1 rings (SSSR count). The molecule has 23 heavy (non-hydrogen) atoms. The number of nitrogens with one attached hydrogen (secondary N) is 1. The minimum absolute atomic E-state index is 0.176. The molecule has 1 unspecified atom stereocenters. The van der Waals surface area contributed by atoms with Gasteiger partial charge in [-0.05, 0) is 10.1 Å². The second-order valence-corrected chi connectivity index (χ2v) is 6.09. The van der Waals surface area contributed by atoms with Gasteiger partial charge in [-0.2, -0.15) is 19.2 Å². The van der Waals surface area contributed by atoms with Crippen LogP contribution in [0.1, 0.15) is 12.0 Å². The molecule has 0 spiro atoms. The average Bonchev–Trinajstić information content (AvgIpc) is 2.51. The van der Waals surface area contributed by atoms with E-state index >= 15 is 0 Å². The molecule has 0 aromatic heterocycles. The lowest BCUT2D eigenvalue weighted by Gasteiger charge is -2.23. The SMILES string of the molecule is O=[P+](O)C(F)(F)C[C@@H](O)[C@@H](O)[C@@H](O)CNOCc1ccccc1. The molecule has 0 bridgehead atoms. The molecule has 0 radical (unpaired) electrons. The van der Waals surface area contributed by atoms with Gasteiger partial charge in [-0.15, -0.1) is 0 Å². The lowest BCUT2D eigenvalue weighted by molar-refractivity contribution is -0.0973. The highest BCUT2D eigenvalue weighted by molar-refractivity contribution is 7.39. The van der Waals surface area contributed by atoms with E-state index in [0.29, 0.717) is 0 Å². The zero-order chi connectivity index (χ0) is 17.5. The molecule has 0 aliphatic carbocycles. The fourth-order valence-corrected chi connectivity index (χ4v) is 2.02. The van der Waals surface area contributed by atoms with E-state index < -0.39 is 38.4 Å². The number of aliphatic hydroxyl groups is 3. The molecule has 5 N–H and O–H groups in total. The Hall–Kier alpha value is -1.06. The van der Waals surface area contributed by atoms with Crippen LogP contribution in [0.2, 0.25) is 0 Å². The van der Waals surface area contributed by atoms with E-state index in [-0.39, 0.29) is 13.2 Å². The summed E-state index contributed by atoms with van der Waals surface area (Å²) in [6.07, 6.45) is -7.04. The lowest BCUT2D eigenvalue weighted by atomic mass is 10.1. The van der Waals surface area contributed by atoms with Crippen LogP contribution in [0.25, 0.3) is 0 Å². The maximum Gasteiger partial charge on any atom is 0.583 e. The van der Waals surface area contributed by atoms with Crippen molar-refractivity contribution in [1.82, 2.24) is 5.48 Å². The molecule has 0 fully saturated rings. The van der Waals surface area contributed by atoms with Crippen molar-refractivity contribution in [2.45, 2.75) is 37.0 Å². The molecular formula is C13H19F2NO6P+. The number of aliphatic hydroxyl groups excluding tert-OH is 3. The summed E-state index contributed by atoms with van der Waals surface area (Å²) in [6.45, 7) is -0.156. The third-order valence-corrected chi connectivity index (χ3v) is 3.74. The number of benzene rings is 1. The first-order valence-electron chi connectivity index (χ1n) is 6.71. The molecule has 1 aromatic carbocycles. The summed E-state index contributed by atoms with van der Waals surface area (Å²) in [4.78, 5) is 13.4. The van der Waals surface area contributed by atoms with Crippen LogP contribution in [0.4, 0.5) is 8.78 Å². The summed E-state index contributed by atoms with van der Waals surface area (Å²) in [5.41, 5.74) is -0.861. The van der Waals surface area contributed by atoms with Crippen LogP contribution >= 0.6 is 8.03 Å². The molecular weight excluding hydrogens is 335 g/mol. The first-order valence-corrected chi connectivity index (χ1v) is 7.92. The predicted molar refractivity (Wildman–Crippen MR) is 76.6 cm³/mol. The molecule has 10 heteroatoms. The van der Waals surface area contributed by atoms with Crippen molar-refractivity contribution in [1.29, 1.82) is 0 Å². The lowest BCUT2D eigenvalue weighted by Crippen LogP contribution is -2.44. The minimum Gasteiger partial charge on any atom is -0.390 e. The average molecular weight is 354 g/mol. The second-order valence-electron chi connectivity index (χ2n) is 4.89. The third kappa shape index (κ3) is 6.92. The van der Waals surface area contributed by atoms with Crippen LogP contribution in [0.3, 0.4) is 0 Å². The molecule has 0 saturated heterocycles. The predicted octanol–water partition coefficient (Wildman–Crippen LogP) is 0.508. The second kappa shape index (κ2) is 9.29. The number of rotatable bonds is 10. The summed E-state index contributed by atoms with van der Waals surface area (Å²) >= 11 is 0. The van der Waals surface area contributed by atoms with Crippen LogP contribution in [0.15, 0.2) is 30.3 Å². The largest absolute Gasteiger partial charge is 0.583 e. The van der Waals surface area contributed by atoms with Gasteiger partial charge in [0.2, 0.25) is 0 Å². The van der Waals surface area contributed by atoms with E-state index in [2.05, 4.69) is 5.48 Å². The maximum atomic E-state index is 13.0. The van der Waals surface area contributed by atoms with Gasteiger partial charge in [-0.1, -0.05) is 30.3 Å². The van der Waals surface area contributed by atoms with Crippen molar-refractivity contribution in [3.63, 3.8) is 0 Å². The summed E-state index contributed by atoms with van der Waals surface area (Å²) in [5.74, 6) is 0. The number of hydrogen-bond acceptors (Lipinski definition) is 6. The van der Waals surface area contributed by atoms with E-state index in [1.165, 1.54) is 0 Å². The number of hydroxylamine groups is 1. The number of halogens is 2. The van der Waals surface area contributed by atoms with Crippen molar-refractivity contribution in [3.8, 4) is 0 Å². The summed E-state index contributed by atoms with van der Waals surface area (Å²) in [7, 11) is -3.84. The van der Waals surface area contributed by atoms with Crippen molar-refractivity contribution >= 4 is 8.03 Å². The smallest absolute Gasteiger partial charge is 0.390 e. The molecule has 0 amide bonds. The Morgan fingerprint density at radius 1 is 1.17 bits per heavy atom. The Balaban J connectivity index is 2.33. The minimum atomic E-state index is -4.05. The van der Waals surface area contributed by atoms with E-state index in [4.69, 9.17) is 9.73 Å². The standard InChI is InChI=1S/C13H18F2NO6P/c14-13(15,23(20)21)6-10(17)12(19)11(18)7-16-22-8-9-4-2-1-3-5-9/h1-5,10-12,16-19H,6-8H2/p+1/t10-,11+,12-/m1/s1. The van der Waals surface area contributed by atoms with E-state index in [9.17, 15) is 28.7 Å². The van der Waals surface area contributed by atoms with Crippen LogP contribution < -0.4 is 5.48 Å². The van der Waals surface area contributed by atoms with E-state index in [1.54, 1.807) is 24.3 Å². The van der Waals surface area contributed by atoms with E-state index in [0.717, 1.165) is 5.56 Å². The van der Waals surface area contributed by atoms with Crippen molar-refractivity contribution in [3.05, 3.63) is 35.9 Å². The van der Waals surface area contributed by atoms with Crippen LogP contribution in [0, 0.1) is 0 Å². The van der Waals surface area contributed by atoms with Crippen LogP contribution in [-0.2, 0) is 16.0 Å². The number of alkyl halides is 2. The zero-order valence-electron chi connectivity index (χ0n) is 12.0. The van der Waals surface area contributed by atoms with Crippen LogP contribution in [0.5, 0.6) is 0 Å². The van der Waals surface area contributed by atoms with Gasteiger partial charge in [0.15, 0.2) is 0 Å². The monoisotopic (exact) mass is 354 g/mol. The first kappa shape index (κ1) is 20.0. The highest BCUT2D eigenvalue weighted by Gasteiger charge is 2.53. The molecule has 0 heterocycles. The molecule has 0 aliphatic rings. The summed E-state index contributed by atoms with van der Waals surface area (Å²) < 4.78 is 36.4. The first-order chi connectivity index (χ1) is 10.7. The molecule has 130 valence electrons. The highest BCUT2D eigenvalue weighted by atomic mass is 31.1. The quantitative estimate of drug-likeness (QED) is 0.236. The van der Waals surface area contributed by atoms with Gasteiger partial charge in [-0.25, -0.2) is 0 Å². The van der Waals surface area contributed by atoms with Gasteiger partial charge in [0, 0.05) is 6.54 Å². The van der Waals surface area contributed by atoms with E-state index in [1.807, 2.05) is 6.07 Å². The Morgan fingerprint density at radius 2 is 1.78 bits per heavy atom. The summed E-state index contributed by atoms with van der Waals surface area (Å²) in [6, 6.07) is 9.04. The Labute approximate surface area is 132 Å². The topological polar surface area (TPSA) is 119 Å². The normalized spacial score (nSPS) is 16.7. The maximum absolute atomic E-state index is 13.0. The van der Waals surface area contributed by atoms with Crippen LogP contribution in [-0.4, -0.2) is 50.7 Å². The van der Waals surface area contributed by atoms with Gasteiger partial charge in [0.05, 0.1) is 25.2 Å². The Morgan fingerprint density at radius 3 is 2.35 bits per heavy atom. The Kier molecular flexibility index (Phi) is 8.07. The van der Waals surface area contributed by atoms with Gasteiger partial charge in [0.1, 0.15) is 6.10 Å². The van der Waals surface area contributed by atoms with Crippen molar-refractivity contribution < 1.29 is 38.4 Å². The van der Waals surface area contributed by atoms with Crippen molar-refractivity contribution in [2.75, 3.05) is 6.54 Å². The fourth-order valence-electron chi connectivity index (χ4n) is 1.68. The highest BCUT2D eigenvalue weighted by Crippen LogP contribution is 2.42. The molecule has 1 aromatic rings. The zero-order valence-corrected chi connectivity index (χ0v) is 12.9. The molecule has 7 nitrogen and oxygen atoms in total. The fraction of sp³-hybridized carbons (Fsp3) is 0.538. The van der Waals surface area contributed by atoms with Gasteiger partial charge < -0.3 is 15.3 Å². The van der Waals surface area contributed by atoms with Gasteiger partial charge in [0.25, 0.3) is 0 Å².